The van der Waals surface area contributed by atoms with Crippen LogP contribution in [0.3, 0.4) is 0 Å². The average Bonchev–Trinajstić information content (AvgIpc) is 3.20. The van der Waals surface area contributed by atoms with E-state index in [-0.39, 0.29) is 24.1 Å². The summed E-state index contributed by atoms with van der Waals surface area (Å²) >= 11 is 0. The number of hydrogen-bond donors (Lipinski definition) is 3. The van der Waals surface area contributed by atoms with E-state index in [0.717, 1.165) is 12.8 Å². The molecule has 18 heavy (non-hydrogen) atoms. The van der Waals surface area contributed by atoms with Crippen LogP contribution in [0, 0.1) is 0 Å². The first-order chi connectivity index (χ1) is 8.69. The smallest absolute Gasteiger partial charge is 0.271 e. The van der Waals surface area contributed by atoms with E-state index < -0.39 is 0 Å². The quantitative estimate of drug-likeness (QED) is 0.655. The molecule has 3 N–H and O–H groups in total. The lowest BCUT2D eigenvalue weighted by Gasteiger charge is -2.05. The number of rotatable bonds is 5. The van der Waals surface area contributed by atoms with Crippen molar-refractivity contribution in [2.75, 3.05) is 18.9 Å². The molecule has 1 saturated carbocycles. The number of nitrogens with one attached hydrogen (secondary N) is 3. The highest BCUT2D eigenvalue weighted by Crippen LogP contribution is 2.18. The van der Waals surface area contributed by atoms with Crippen LogP contribution >= 0.6 is 0 Å². The fraction of sp³-hybridized carbons (Fsp3) is 0.455. The van der Waals surface area contributed by atoms with Crippen molar-refractivity contribution < 1.29 is 9.59 Å². The van der Waals surface area contributed by atoms with Crippen LogP contribution in [0.4, 0.5) is 5.82 Å². The molecule has 0 radical (unpaired) electrons. The van der Waals surface area contributed by atoms with Crippen LogP contribution in [0.5, 0.6) is 0 Å². The fourth-order valence-corrected chi connectivity index (χ4v) is 1.35. The normalized spacial score (nSPS) is 13.8. The van der Waals surface area contributed by atoms with E-state index >= 15 is 0 Å². The van der Waals surface area contributed by atoms with E-state index in [2.05, 4.69) is 26.1 Å². The monoisotopic (exact) mass is 249 g/mol. The number of anilines is 1. The topological polar surface area (TPSA) is 96.0 Å². The van der Waals surface area contributed by atoms with Gasteiger partial charge >= 0.3 is 0 Å². The molecule has 1 heterocycles. The predicted octanol–water partition coefficient (Wildman–Crippen LogP) is -0.473. The minimum atomic E-state index is -0.291. The Morgan fingerprint density at radius 2 is 2.11 bits per heavy atom. The molecule has 0 atom stereocenters. The number of carbonyl (C=O) groups is 2. The van der Waals surface area contributed by atoms with Crippen LogP contribution < -0.4 is 16.0 Å². The Labute approximate surface area is 104 Å². The van der Waals surface area contributed by atoms with Crippen LogP contribution in [0.15, 0.2) is 12.1 Å². The molecule has 0 saturated heterocycles. The second-order valence-electron chi connectivity index (χ2n) is 4.08. The van der Waals surface area contributed by atoms with Crippen LogP contribution in [0.25, 0.3) is 0 Å². The lowest BCUT2D eigenvalue weighted by atomic mass is 10.3. The van der Waals surface area contributed by atoms with E-state index in [0.29, 0.717) is 11.9 Å². The lowest BCUT2D eigenvalue weighted by molar-refractivity contribution is -0.119. The number of amides is 2. The van der Waals surface area contributed by atoms with E-state index in [4.69, 9.17) is 0 Å². The van der Waals surface area contributed by atoms with E-state index in [1.54, 1.807) is 12.1 Å². The van der Waals surface area contributed by atoms with Crippen molar-refractivity contribution in [3.63, 3.8) is 0 Å². The summed E-state index contributed by atoms with van der Waals surface area (Å²) in [7, 11) is 1.53. The lowest BCUT2D eigenvalue weighted by Crippen LogP contribution is -2.31. The summed E-state index contributed by atoms with van der Waals surface area (Å²) < 4.78 is 0. The Kier molecular flexibility index (Phi) is 3.71. The van der Waals surface area contributed by atoms with Crippen molar-refractivity contribution in [3.05, 3.63) is 17.8 Å². The van der Waals surface area contributed by atoms with Gasteiger partial charge in [0, 0.05) is 13.1 Å². The Morgan fingerprint density at radius 3 is 2.67 bits per heavy atom. The summed E-state index contributed by atoms with van der Waals surface area (Å²) in [5.41, 5.74) is 0.241. The van der Waals surface area contributed by atoms with Crippen molar-refractivity contribution in [1.29, 1.82) is 0 Å². The van der Waals surface area contributed by atoms with E-state index in [1.807, 2.05) is 0 Å². The summed E-state index contributed by atoms with van der Waals surface area (Å²) in [6.07, 6.45) is 2.12. The highest BCUT2D eigenvalue weighted by atomic mass is 16.2. The number of aromatic nitrogens is 2. The highest BCUT2D eigenvalue weighted by Gasteiger charge is 2.22. The maximum atomic E-state index is 11.4. The SMILES string of the molecule is CNC(=O)c1ccc(NCC(=O)NC2CC2)nn1. The Bertz CT molecular complexity index is 441. The number of nitrogens with zero attached hydrogens (tertiary/aromatic N) is 2. The van der Waals surface area contributed by atoms with E-state index in [9.17, 15) is 9.59 Å². The molecule has 1 aromatic heterocycles. The first kappa shape index (κ1) is 12.3. The standard InChI is InChI=1S/C11H15N5O2/c1-12-11(18)8-4-5-9(16-15-8)13-6-10(17)14-7-2-3-7/h4-5,7H,2-3,6H2,1H3,(H,12,18)(H,13,16)(H,14,17). The molecule has 0 aromatic carbocycles. The van der Waals surface area contributed by atoms with Crippen molar-refractivity contribution >= 4 is 17.6 Å². The van der Waals surface area contributed by atoms with E-state index in [1.165, 1.54) is 7.05 Å². The molecule has 0 bridgehead atoms. The Balaban J connectivity index is 1.81. The zero-order valence-electron chi connectivity index (χ0n) is 10.1. The van der Waals surface area contributed by atoms with Crippen LogP contribution in [-0.4, -0.2) is 41.6 Å². The van der Waals surface area contributed by atoms with Gasteiger partial charge in [-0.05, 0) is 25.0 Å². The molecule has 1 aliphatic rings. The molecule has 7 heteroatoms. The van der Waals surface area contributed by atoms with Gasteiger partial charge in [-0.1, -0.05) is 0 Å². The van der Waals surface area contributed by atoms with Crippen molar-refractivity contribution in [2.24, 2.45) is 0 Å². The first-order valence-electron chi connectivity index (χ1n) is 5.78. The molecular weight excluding hydrogens is 234 g/mol. The van der Waals surface area contributed by atoms with Crippen molar-refractivity contribution in [2.45, 2.75) is 18.9 Å². The molecule has 2 amide bonds. The van der Waals surface area contributed by atoms with Gasteiger partial charge in [0.2, 0.25) is 5.91 Å². The Morgan fingerprint density at radius 1 is 1.33 bits per heavy atom. The molecule has 7 nitrogen and oxygen atoms in total. The van der Waals surface area contributed by atoms with Gasteiger partial charge in [0.1, 0.15) is 5.82 Å². The predicted molar refractivity (Wildman–Crippen MR) is 65.1 cm³/mol. The second kappa shape index (κ2) is 5.44. The third-order valence-corrected chi connectivity index (χ3v) is 2.50. The summed E-state index contributed by atoms with van der Waals surface area (Å²) in [6.45, 7) is 0.157. The minimum Gasteiger partial charge on any atom is -0.360 e. The Hall–Kier alpha value is -2.18. The molecule has 1 fully saturated rings. The maximum Gasteiger partial charge on any atom is 0.271 e. The van der Waals surface area contributed by atoms with Gasteiger partial charge in [0.15, 0.2) is 5.69 Å². The van der Waals surface area contributed by atoms with Gasteiger partial charge in [-0.3, -0.25) is 9.59 Å². The molecule has 1 aromatic rings. The molecule has 1 aliphatic carbocycles. The molecular formula is C11H15N5O2. The van der Waals surface area contributed by atoms with Crippen molar-refractivity contribution in [3.8, 4) is 0 Å². The average molecular weight is 249 g/mol. The molecule has 0 spiro atoms. The summed E-state index contributed by atoms with van der Waals surface area (Å²) in [6, 6.07) is 3.51. The fourth-order valence-electron chi connectivity index (χ4n) is 1.35. The maximum absolute atomic E-state index is 11.4. The summed E-state index contributed by atoms with van der Waals surface area (Å²) in [5, 5.41) is 15.7. The highest BCUT2D eigenvalue weighted by molar-refractivity contribution is 5.91. The zero-order chi connectivity index (χ0) is 13.0. The second-order valence-corrected chi connectivity index (χ2v) is 4.08. The third kappa shape index (κ3) is 3.41. The molecule has 2 rings (SSSR count). The minimum absolute atomic E-state index is 0.0605. The number of hydrogen-bond acceptors (Lipinski definition) is 5. The number of carbonyl (C=O) groups excluding carboxylic acids is 2. The largest absolute Gasteiger partial charge is 0.360 e. The van der Waals surface area contributed by atoms with Crippen LogP contribution in [0.2, 0.25) is 0 Å². The van der Waals surface area contributed by atoms with Crippen LogP contribution in [-0.2, 0) is 4.79 Å². The molecule has 0 aliphatic heterocycles. The van der Waals surface area contributed by atoms with Gasteiger partial charge in [-0.2, -0.15) is 0 Å². The van der Waals surface area contributed by atoms with Crippen molar-refractivity contribution in [1.82, 2.24) is 20.8 Å². The summed E-state index contributed by atoms with van der Waals surface area (Å²) in [4.78, 5) is 22.6. The van der Waals surface area contributed by atoms with Gasteiger partial charge in [0.25, 0.3) is 5.91 Å². The van der Waals surface area contributed by atoms with Gasteiger partial charge < -0.3 is 16.0 Å². The zero-order valence-corrected chi connectivity index (χ0v) is 10.1. The van der Waals surface area contributed by atoms with Gasteiger partial charge in [-0.15, -0.1) is 10.2 Å². The molecule has 96 valence electrons. The third-order valence-electron chi connectivity index (χ3n) is 2.50. The first-order valence-corrected chi connectivity index (χ1v) is 5.78. The van der Waals surface area contributed by atoms with Crippen LogP contribution in [0.1, 0.15) is 23.3 Å². The summed E-state index contributed by atoms with van der Waals surface area (Å²) in [5.74, 6) is 0.115. The van der Waals surface area contributed by atoms with Gasteiger partial charge in [0.05, 0.1) is 6.54 Å². The van der Waals surface area contributed by atoms with Gasteiger partial charge in [-0.25, -0.2) is 0 Å². The molecule has 0 unspecified atom stereocenters.